The predicted molar refractivity (Wildman–Crippen MR) is 75.3 cm³/mol. The Kier molecular flexibility index (Phi) is 5.99. The van der Waals surface area contributed by atoms with Crippen molar-refractivity contribution >= 4 is 0 Å². The number of methoxy groups -OCH3 is 1. The summed E-state index contributed by atoms with van der Waals surface area (Å²) < 4.78 is 11.2. The number of hydrogen-bond acceptors (Lipinski definition) is 3. The standard InChI is InChI=1S/C15H25NO2/c1-5-11(3)18-15-10-12(9-13(16)6-2)7-8-14(15)17-4/h7-8,10-11,13H,5-6,9,16H2,1-4H3. The third-order valence-corrected chi connectivity index (χ3v) is 3.15. The molecule has 1 rings (SSSR count). The zero-order valence-corrected chi connectivity index (χ0v) is 11.9. The molecule has 0 aliphatic carbocycles. The van der Waals surface area contributed by atoms with Crippen molar-refractivity contribution in [3.05, 3.63) is 23.8 Å². The molecule has 0 aromatic heterocycles. The van der Waals surface area contributed by atoms with Crippen LogP contribution in [0.25, 0.3) is 0 Å². The lowest BCUT2D eigenvalue weighted by atomic mass is 10.0. The first-order valence-electron chi connectivity index (χ1n) is 6.69. The SMILES string of the molecule is CCC(N)Cc1ccc(OC)c(OC(C)CC)c1. The minimum Gasteiger partial charge on any atom is -0.493 e. The zero-order valence-electron chi connectivity index (χ0n) is 11.9. The van der Waals surface area contributed by atoms with Gasteiger partial charge in [-0.2, -0.15) is 0 Å². The average molecular weight is 251 g/mol. The van der Waals surface area contributed by atoms with Crippen LogP contribution in [0.4, 0.5) is 0 Å². The second-order valence-electron chi connectivity index (χ2n) is 4.69. The first kappa shape index (κ1) is 14.8. The van der Waals surface area contributed by atoms with Gasteiger partial charge in [-0.1, -0.05) is 19.9 Å². The van der Waals surface area contributed by atoms with E-state index in [2.05, 4.69) is 26.8 Å². The summed E-state index contributed by atoms with van der Waals surface area (Å²) in [5.74, 6) is 1.59. The molecular weight excluding hydrogens is 226 g/mol. The summed E-state index contributed by atoms with van der Waals surface area (Å²) >= 11 is 0. The molecule has 0 fully saturated rings. The van der Waals surface area contributed by atoms with Crippen molar-refractivity contribution in [3.63, 3.8) is 0 Å². The van der Waals surface area contributed by atoms with Crippen LogP contribution in [0.3, 0.4) is 0 Å². The van der Waals surface area contributed by atoms with Gasteiger partial charge in [0.1, 0.15) is 0 Å². The lowest BCUT2D eigenvalue weighted by molar-refractivity contribution is 0.207. The van der Waals surface area contributed by atoms with Gasteiger partial charge in [-0.3, -0.25) is 0 Å². The lowest BCUT2D eigenvalue weighted by Gasteiger charge is -2.17. The summed E-state index contributed by atoms with van der Waals surface area (Å²) in [4.78, 5) is 0. The van der Waals surface area contributed by atoms with Gasteiger partial charge in [0.15, 0.2) is 11.5 Å². The van der Waals surface area contributed by atoms with E-state index in [1.807, 2.05) is 12.1 Å². The van der Waals surface area contributed by atoms with Crippen molar-refractivity contribution in [2.24, 2.45) is 5.73 Å². The van der Waals surface area contributed by atoms with E-state index in [0.29, 0.717) is 0 Å². The third-order valence-electron chi connectivity index (χ3n) is 3.15. The summed E-state index contributed by atoms with van der Waals surface area (Å²) in [5, 5.41) is 0. The lowest BCUT2D eigenvalue weighted by Crippen LogP contribution is -2.21. The molecule has 18 heavy (non-hydrogen) atoms. The second-order valence-corrected chi connectivity index (χ2v) is 4.69. The molecule has 0 heterocycles. The number of nitrogens with two attached hydrogens (primary N) is 1. The van der Waals surface area contributed by atoms with Crippen LogP contribution < -0.4 is 15.2 Å². The number of ether oxygens (including phenoxy) is 2. The van der Waals surface area contributed by atoms with Crippen molar-refractivity contribution in [2.45, 2.75) is 52.2 Å². The number of benzene rings is 1. The number of hydrogen-bond donors (Lipinski definition) is 1. The predicted octanol–water partition coefficient (Wildman–Crippen LogP) is 3.15. The second kappa shape index (κ2) is 7.27. The first-order valence-corrected chi connectivity index (χ1v) is 6.69. The Hall–Kier alpha value is -1.22. The molecule has 0 amide bonds. The summed E-state index contributed by atoms with van der Waals surface area (Å²) in [6.07, 6.45) is 3.02. The molecule has 0 saturated heterocycles. The molecule has 0 aliphatic heterocycles. The molecule has 1 aromatic rings. The molecule has 1 aromatic carbocycles. The van der Waals surface area contributed by atoms with Crippen LogP contribution in [-0.4, -0.2) is 19.3 Å². The molecule has 0 radical (unpaired) electrons. The highest BCUT2D eigenvalue weighted by Crippen LogP contribution is 2.29. The van der Waals surface area contributed by atoms with E-state index in [1.54, 1.807) is 7.11 Å². The molecule has 2 atom stereocenters. The average Bonchev–Trinajstić information content (AvgIpc) is 2.38. The molecule has 0 spiro atoms. The molecule has 0 bridgehead atoms. The van der Waals surface area contributed by atoms with Crippen molar-refractivity contribution in [1.82, 2.24) is 0 Å². The van der Waals surface area contributed by atoms with Crippen LogP contribution >= 0.6 is 0 Å². The van der Waals surface area contributed by atoms with Gasteiger partial charge in [0, 0.05) is 6.04 Å². The van der Waals surface area contributed by atoms with Gasteiger partial charge in [-0.15, -0.1) is 0 Å². The highest BCUT2D eigenvalue weighted by Gasteiger charge is 2.10. The quantitative estimate of drug-likeness (QED) is 0.809. The van der Waals surface area contributed by atoms with E-state index in [4.69, 9.17) is 15.2 Å². The Morgan fingerprint density at radius 2 is 1.89 bits per heavy atom. The topological polar surface area (TPSA) is 44.5 Å². The molecule has 0 aliphatic rings. The third kappa shape index (κ3) is 4.22. The fraction of sp³-hybridized carbons (Fsp3) is 0.600. The largest absolute Gasteiger partial charge is 0.493 e. The van der Waals surface area contributed by atoms with E-state index in [9.17, 15) is 0 Å². The number of rotatable bonds is 7. The normalized spacial score (nSPS) is 14.1. The molecule has 2 unspecified atom stereocenters. The highest BCUT2D eigenvalue weighted by atomic mass is 16.5. The summed E-state index contributed by atoms with van der Waals surface area (Å²) in [7, 11) is 1.66. The van der Waals surface area contributed by atoms with Gasteiger partial charge in [0.05, 0.1) is 13.2 Å². The van der Waals surface area contributed by atoms with Gasteiger partial charge in [0.2, 0.25) is 0 Å². The minimum atomic E-state index is 0.189. The molecule has 3 heteroatoms. The van der Waals surface area contributed by atoms with Crippen LogP contribution in [0.15, 0.2) is 18.2 Å². The van der Waals surface area contributed by atoms with Crippen molar-refractivity contribution in [2.75, 3.05) is 7.11 Å². The molecule has 2 N–H and O–H groups in total. The van der Waals surface area contributed by atoms with Crippen LogP contribution in [0.2, 0.25) is 0 Å². The van der Waals surface area contributed by atoms with Gasteiger partial charge < -0.3 is 15.2 Å². The van der Waals surface area contributed by atoms with E-state index in [1.165, 1.54) is 5.56 Å². The van der Waals surface area contributed by atoms with Crippen molar-refractivity contribution in [3.8, 4) is 11.5 Å². The first-order chi connectivity index (χ1) is 8.60. The summed E-state index contributed by atoms with van der Waals surface area (Å²) in [5.41, 5.74) is 7.18. The molecule has 102 valence electrons. The van der Waals surface area contributed by atoms with E-state index in [0.717, 1.165) is 30.8 Å². The van der Waals surface area contributed by atoms with Crippen molar-refractivity contribution in [1.29, 1.82) is 0 Å². The Labute approximate surface area is 110 Å². The van der Waals surface area contributed by atoms with Gasteiger partial charge in [-0.05, 0) is 43.9 Å². The maximum atomic E-state index is 5.98. The summed E-state index contributed by atoms with van der Waals surface area (Å²) in [6, 6.07) is 6.25. The monoisotopic (exact) mass is 251 g/mol. The van der Waals surface area contributed by atoms with Gasteiger partial charge >= 0.3 is 0 Å². The summed E-state index contributed by atoms with van der Waals surface area (Å²) in [6.45, 7) is 6.27. The van der Waals surface area contributed by atoms with Crippen LogP contribution in [0, 0.1) is 0 Å². The molecular formula is C15H25NO2. The van der Waals surface area contributed by atoms with Gasteiger partial charge in [0.25, 0.3) is 0 Å². The van der Waals surface area contributed by atoms with E-state index < -0.39 is 0 Å². The van der Waals surface area contributed by atoms with E-state index in [-0.39, 0.29) is 12.1 Å². The Morgan fingerprint density at radius 1 is 1.17 bits per heavy atom. The fourth-order valence-corrected chi connectivity index (χ4v) is 1.69. The fourth-order valence-electron chi connectivity index (χ4n) is 1.69. The smallest absolute Gasteiger partial charge is 0.161 e. The minimum absolute atomic E-state index is 0.189. The molecule has 0 saturated carbocycles. The Bertz CT molecular complexity index is 366. The van der Waals surface area contributed by atoms with Gasteiger partial charge in [-0.25, -0.2) is 0 Å². The van der Waals surface area contributed by atoms with E-state index >= 15 is 0 Å². The maximum Gasteiger partial charge on any atom is 0.161 e. The molecule has 3 nitrogen and oxygen atoms in total. The maximum absolute atomic E-state index is 5.98. The van der Waals surface area contributed by atoms with Crippen LogP contribution in [0.1, 0.15) is 39.2 Å². The Balaban J connectivity index is 2.87. The van der Waals surface area contributed by atoms with Crippen LogP contribution in [0.5, 0.6) is 11.5 Å². The highest BCUT2D eigenvalue weighted by molar-refractivity contribution is 5.43. The van der Waals surface area contributed by atoms with Crippen LogP contribution in [-0.2, 0) is 6.42 Å². The Morgan fingerprint density at radius 3 is 2.44 bits per heavy atom. The van der Waals surface area contributed by atoms with Crippen molar-refractivity contribution < 1.29 is 9.47 Å². The zero-order chi connectivity index (χ0) is 13.5.